The van der Waals surface area contributed by atoms with Crippen molar-refractivity contribution in [3.8, 4) is 0 Å². The van der Waals surface area contributed by atoms with Crippen LogP contribution in [0.2, 0.25) is 5.02 Å². The molecule has 0 N–H and O–H groups in total. The molecule has 1 heterocycles. The third-order valence-electron chi connectivity index (χ3n) is 2.59. The maximum atomic E-state index is 11.5. The van der Waals surface area contributed by atoms with E-state index in [0.29, 0.717) is 21.8 Å². The molecule has 0 aliphatic carbocycles. The summed E-state index contributed by atoms with van der Waals surface area (Å²) in [5.41, 5.74) is 1.73. The van der Waals surface area contributed by atoms with E-state index in [9.17, 15) is 9.59 Å². The fourth-order valence-corrected chi connectivity index (χ4v) is 1.82. The predicted octanol–water partition coefficient (Wildman–Crippen LogP) is 1.85. The van der Waals surface area contributed by atoms with E-state index in [1.54, 1.807) is 13.8 Å². The van der Waals surface area contributed by atoms with Crippen molar-refractivity contribution in [2.45, 2.75) is 20.3 Å². The van der Waals surface area contributed by atoms with Crippen LogP contribution in [0.5, 0.6) is 0 Å². The van der Waals surface area contributed by atoms with E-state index in [-0.39, 0.29) is 12.1 Å². The first kappa shape index (κ1) is 14.4. The third-order valence-corrected chi connectivity index (χ3v) is 3.10. The highest BCUT2D eigenvalue weighted by Crippen LogP contribution is 2.26. The van der Waals surface area contributed by atoms with Crippen LogP contribution in [0.15, 0.2) is 0 Å². The maximum Gasteiger partial charge on any atom is 0.356 e. The molecular formula is C12H14ClNO4. The van der Waals surface area contributed by atoms with E-state index in [4.69, 9.17) is 11.6 Å². The summed E-state index contributed by atoms with van der Waals surface area (Å²) in [7, 11) is 2.57. The highest BCUT2D eigenvalue weighted by Gasteiger charge is 2.20. The van der Waals surface area contributed by atoms with Crippen molar-refractivity contribution in [1.29, 1.82) is 0 Å². The van der Waals surface area contributed by atoms with E-state index in [0.717, 1.165) is 0 Å². The van der Waals surface area contributed by atoms with Crippen LogP contribution in [0.3, 0.4) is 0 Å². The summed E-state index contributed by atoms with van der Waals surface area (Å²) in [6, 6.07) is 0. The lowest BCUT2D eigenvalue weighted by Crippen LogP contribution is -2.13. The van der Waals surface area contributed by atoms with Gasteiger partial charge in [0.25, 0.3) is 0 Å². The minimum Gasteiger partial charge on any atom is -0.469 e. The van der Waals surface area contributed by atoms with Gasteiger partial charge in [-0.3, -0.25) is 4.79 Å². The van der Waals surface area contributed by atoms with Crippen molar-refractivity contribution in [1.82, 2.24) is 4.98 Å². The van der Waals surface area contributed by atoms with Crippen LogP contribution in [0.1, 0.15) is 27.3 Å². The van der Waals surface area contributed by atoms with Crippen LogP contribution in [0, 0.1) is 13.8 Å². The van der Waals surface area contributed by atoms with Gasteiger partial charge in [-0.25, -0.2) is 9.78 Å². The molecule has 0 aliphatic heterocycles. The summed E-state index contributed by atoms with van der Waals surface area (Å²) >= 11 is 6.15. The molecule has 1 rings (SSSR count). The molecule has 0 saturated heterocycles. The number of nitrogens with zero attached hydrogens (tertiary/aromatic N) is 1. The molecule has 1 aromatic rings. The molecule has 0 spiro atoms. The number of pyridine rings is 1. The SMILES string of the molecule is COC(=O)Cc1c(C)nc(C(=O)OC)c(C)c1Cl. The Morgan fingerprint density at radius 1 is 1.22 bits per heavy atom. The van der Waals surface area contributed by atoms with Crippen molar-refractivity contribution >= 4 is 23.5 Å². The summed E-state index contributed by atoms with van der Waals surface area (Å²) < 4.78 is 9.20. The molecule has 0 unspecified atom stereocenters. The molecule has 0 atom stereocenters. The average molecular weight is 272 g/mol. The fraction of sp³-hybridized carbons (Fsp3) is 0.417. The zero-order chi connectivity index (χ0) is 13.9. The number of rotatable bonds is 3. The Morgan fingerprint density at radius 3 is 2.33 bits per heavy atom. The van der Waals surface area contributed by atoms with E-state index in [1.807, 2.05) is 0 Å². The molecule has 18 heavy (non-hydrogen) atoms. The molecule has 6 heteroatoms. The number of ether oxygens (including phenoxy) is 2. The first-order valence-corrected chi connectivity index (χ1v) is 5.60. The number of esters is 2. The van der Waals surface area contributed by atoms with Gasteiger partial charge in [0.2, 0.25) is 0 Å². The van der Waals surface area contributed by atoms with Crippen molar-refractivity contribution in [2.75, 3.05) is 14.2 Å². The normalized spacial score (nSPS) is 10.1. The summed E-state index contributed by atoms with van der Waals surface area (Å²) in [5, 5.41) is 0.341. The van der Waals surface area contributed by atoms with Gasteiger partial charge in [-0.2, -0.15) is 0 Å². The number of halogens is 1. The number of hydrogen-bond donors (Lipinski definition) is 0. The van der Waals surface area contributed by atoms with Gasteiger partial charge in [-0.05, 0) is 13.8 Å². The number of aromatic nitrogens is 1. The van der Waals surface area contributed by atoms with Gasteiger partial charge in [-0.1, -0.05) is 11.6 Å². The number of aryl methyl sites for hydroxylation is 1. The van der Waals surface area contributed by atoms with E-state index in [2.05, 4.69) is 14.5 Å². The van der Waals surface area contributed by atoms with Crippen molar-refractivity contribution < 1.29 is 19.1 Å². The predicted molar refractivity (Wildman–Crippen MR) is 65.8 cm³/mol. The van der Waals surface area contributed by atoms with Gasteiger partial charge >= 0.3 is 11.9 Å². The monoisotopic (exact) mass is 271 g/mol. The molecule has 0 radical (unpaired) electrons. The number of methoxy groups -OCH3 is 2. The summed E-state index contributed by atoms with van der Waals surface area (Å²) in [6.07, 6.45) is 0.0243. The van der Waals surface area contributed by atoms with Crippen LogP contribution >= 0.6 is 11.6 Å². The summed E-state index contributed by atoms with van der Waals surface area (Å²) in [5.74, 6) is -0.964. The molecule has 0 bridgehead atoms. The van der Waals surface area contributed by atoms with Gasteiger partial charge in [0, 0.05) is 16.8 Å². The lowest BCUT2D eigenvalue weighted by molar-refractivity contribution is -0.139. The second-order valence-electron chi connectivity index (χ2n) is 3.71. The lowest BCUT2D eigenvalue weighted by atomic mass is 10.1. The number of carbonyl (C=O) groups is 2. The second-order valence-corrected chi connectivity index (χ2v) is 4.09. The summed E-state index contributed by atoms with van der Waals surface area (Å²) in [4.78, 5) is 26.9. The molecule has 1 aromatic heterocycles. The van der Waals surface area contributed by atoms with E-state index >= 15 is 0 Å². The smallest absolute Gasteiger partial charge is 0.356 e. The topological polar surface area (TPSA) is 65.5 Å². The van der Waals surface area contributed by atoms with Crippen LogP contribution in [-0.2, 0) is 20.7 Å². The zero-order valence-electron chi connectivity index (χ0n) is 10.7. The number of carbonyl (C=O) groups excluding carboxylic acids is 2. The Bertz CT molecular complexity index is 499. The minimum atomic E-state index is -0.554. The highest BCUT2D eigenvalue weighted by molar-refractivity contribution is 6.32. The van der Waals surface area contributed by atoms with Crippen LogP contribution in [-0.4, -0.2) is 31.1 Å². The quantitative estimate of drug-likeness (QED) is 0.785. The van der Waals surface area contributed by atoms with Crippen molar-refractivity contribution in [3.05, 3.63) is 27.5 Å². The maximum absolute atomic E-state index is 11.5. The largest absolute Gasteiger partial charge is 0.469 e. The van der Waals surface area contributed by atoms with Gasteiger partial charge in [0.15, 0.2) is 5.69 Å². The molecular weight excluding hydrogens is 258 g/mol. The van der Waals surface area contributed by atoms with E-state index in [1.165, 1.54) is 14.2 Å². The standard InChI is InChI=1S/C12H14ClNO4/c1-6-10(13)8(5-9(15)17-3)7(2)14-11(6)12(16)18-4/h5H2,1-4H3. The van der Waals surface area contributed by atoms with Crippen LogP contribution in [0.25, 0.3) is 0 Å². The molecule has 0 amide bonds. The molecule has 0 saturated carbocycles. The van der Waals surface area contributed by atoms with Crippen LogP contribution in [0.4, 0.5) is 0 Å². The average Bonchev–Trinajstić information content (AvgIpc) is 2.37. The third kappa shape index (κ3) is 2.79. The fourth-order valence-electron chi connectivity index (χ4n) is 1.53. The Morgan fingerprint density at radius 2 is 1.83 bits per heavy atom. The zero-order valence-corrected chi connectivity index (χ0v) is 11.4. The van der Waals surface area contributed by atoms with Gasteiger partial charge < -0.3 is 9.47 Å². The van der Waals surface area contributed by atoms with Gasteiger partial charge in [0.1, 0.15) is 0 Å². The van der Waals surface area contributed by atoms with E-state index < -0.39 is 11.9 Å². The van der Waals surface area contributed by atoms with Crippen molar-refractivity contribution in [3.63, 3.8) is 0 Å². The minimum absolute atomic E-state index is 0.0243. The summed E-state index contributed by atoms with van der Waals surface area (Å²) in [6.45, 7) is 3.33. The molecule has 0 aromatic carbocycles. The van der Waals surface area contributed by atoms with Gasteiger partial charge in [-0.15, -0.1) is 0 Å². The molecule has 5 nitrogen and oxygen atoms in total. The first-order chi connectivity index (χ1) is 8.42. The second kappa shape index (κ2) is 5.82. The van der Waals surface area contributed by atoms with Crippen LogP contribution < -0.4 is 0 Å². The lowest BCUT2D eigenvalue weighted by Gasteiger charge is -2.12. The Kier molecular flexibility index (Phi) is 4.67. The molecule has 0 aliphatic rings. The molecule has 0 fully saturated rings. The molecule has 98 valence electrons. The van der Waals surface area contributed by atoms with Gasteiger partial charge in [0.05, 0.1) is 25.7 Å². The Hall–Kier alpha value is -1.62. The first-order valence-electron chi connectivity index (χ1n) is 5.23. The van der Waals surface area contributed by atoms with Crippen molar-refractivity contribution in [2.24, 2.45) is 0 Å². The Balaban J connectivity index is 3.29. The highest BCUT2D eigenvalue weighted by atomic mass is 35.5. The Labute approximate surface area is 110 Å². The number of hydrogen-bond acceptors (Lipinski definition) is 5.